The molecule has 1 unspecified atom stereocenters. The average molecular weight is 191 g/mol. The minimum Gasteiger partial charge on any atom is -0.313 e. The lowest BCUT2D eigenvalue weighted by atomic mass is 9.98. The molecule has 1 atom stereocenters. The zero-order valence-corrected chi connectivity index (χ0v) is 8.83. The molecule has 76 valence electrons. The van der Waals surface area contributed by atoms with Crippen molar-refractivity contribution in [1.82, 2.24) is 15.3 Å². The van der Waals surface area contributed by atoms with Crippen molar-refractivity contribution >= 4 is 0 Å². The molecule has 1 N–H and O–H groups in total. The molecule has 0 saturated carbocycles. The minimum atomic E-state index is 0.572. The van der Waals surface area contributed by atoms with Crippen LogP contribution in [-0.2, 0) is 12.8 Å². The third kappa shape index (κ3) is 1.93. The maximum absolute atomic E-state index is 4.32. The molecule has 1 aromatic heterocycles. The van der Waals surface area contributed by atoms with E-state index in [0.29, 0.717) is 12.0 Å². The van der Waals surface area contributed by atoms with Gasteiger partial charge < -0.3 is 5.32 Å². The Labute approximate surface area is 85.0 Å². The van der Waals surface area contributed by atoms with Gasteiger partial charge in [-0.1, -0.05) is 13.8 Å². The molecule has 2 heterocycles. The van der Waals surface area contributed by atoms with Crippen molar-refractivity contribution in [3.63, 3.8) is 0 Å². The van der Waals surface area contributed by atoms with Crippen molar-refractivity contribution in [2.45, 2.75) is 32.7 Å². The van der Waals surface area contributed by atoms with Crippen molar-refractivity contribution in [2.24, 2.45) is 5.92 Å². The SMILES string of the molecule is CC(C)C1Cc2cncnc2CCN1. The zero-order chi connectivity index (χ0) is 9.97. The van der Waals surface area contributed by atoms with E-state index in [-0.39, 0.29) is 0 Å². The first-order valence-corrected chi connectivity index (χ1v) is 5.28. The smallest absolute Gasteiger partial charge is 0.115 e. The van der Waals surface area contributed by atoms with Gasteiger partial charge >= 0.3 is 0 Å². The van der Waals surface area contributed by atoms with Gasteiger partial charge in [0.1, 0.15) is 6.33 Å². The lowest BCUT2D eigenvalue weighted by Crippen LogP contribution is -2.35. The van der Waals surface area contributed by atoms with Crippen LogP contribution in [0.4, 0.5) is 0 Å². The van der Waals surface area contributed by atoms with Crippen molar-refractivity contribution in [3.8, 4) is 0 Å². The van der Waals surface area contributed by atoms with E-state index in [1.165, 1.54) is 11.3 Å². The maximum atomic E-state index is 4.32. The quantitative estimate of drug-likeness (QED) is 0.724. The van der Waals surface area contributed by atoms with Gasteiger partial charge in [-0.05, 0) is 17.9 Å². The summed E-state index contributed by atoms with van der Waals surface area (Å²) in [6.07, 6.45) is 5.70. The summed E-state index contributed by atoms with van der Waals surface area (Å²) in [5.74, 6) is 0.668. The van der Waals surface area contributed by atoms with Crippen LogP contribution in [0.2, 0.25) is 0 Å². The van der Waals surface area contributed by atoms with Crippen molar-refractivity contribution in [3.05, 3.63) is 23.8 Å². The van der Waals surface area contributed by atoms with Gasteiger partial charge in [0.2, 0.25) is 0 Å². The number of nitrogens with zero attached hydrogens (tertiary/aromatic N) is 2. The number of fused-ring (bicyclic) bond motifs is 1. The van der Waals surface area contributed by atoms with E-state index >= 15 is 0 Å². The predicted octanol–water partition coefficient (Wildman–Crippen LogP) is 1.19. The van der Waals surface area contributed by atoms with Crippen LogP contribution in [0.25, 0.3) is 0 Å². The van der Waals surface area contributed by atoms with Gasteiger partial charge in [-0.15, -0.1) is 0 Å². The molecule has 3 nitrogen and oxygen atoms in total. The van der Waals surface area contributed by atoms with Crippen LogP contribution >= 0.6 is 0 Å². The van der Waals surface area contributed by atoms with Gasteiger partial charge in [-0.25, -0.2) is 9.97 Å². The Morgan fingerprint density at radius 1 is 1.50 bits per heavy atom. The lowest BCUT2D eigenvalue weighted by molar-refractivity contribution is 0.408. The Morgan fingerprint density at radius 3 is 3.14 bits per heavy atom. The van der Waals surface area contributed by atoms with Gasteiger partial charge in [0.15, 0.2) is 0 Å². The van der Waals surface area contributed by atoms with Gasteiger partial charge in [-0.2, -0.15) is 0 Å². The van der Waals surface area contributed by atoms with E-state index in [1.807, 2.05) is 6.20 Å². The lowest BCUT2D eigenvalue weighted by Gasteiger charge is -2.19. The fraction of sp³-hybridized carbons (Fsp3) is 0.636. The van der Waals surface area contributed by atoms with Gasteiger partial charge in [-0.3, -0.25) is 0 Å². The fourth-order valence-electron chi connectivity index (χ4n) is 1.94. The van der Waals surface area contributed by atoms with Crippen LogP contribution in [0.1, 0.15) is 25.1 Å². The van der Waals surface area contributed by atoms with Crippen molar-refractivity contribution in [1.29, 1.82) is 0 Å². The average Bonchev–Trinajstić information content (AvgIpc) is 2.39. The Kier molecular flexibility index (Phi) is 2.77. The molecule has 0 fully saturated rings. The number of hydrogen-bond donors (Lipinski definition) is 1. The molecule has 0 aliphatic carbocycles. The fourth-order valence-corrected chi connectivity index (χ4v) is 1.94. The monoisotopic (exact) mass is 191 g/mol. The van der Waals surface area contributed by atoms with Gasteiger partial charge in [0.05, 0.1) is 0 Å². The van der Waals surface area contributed by atoms with Crippen molar-refractivity contribution < 1.29 is 0 Å². The summed E-state index contributed by atoms with van der Waals surface area (Å²) in [6, 6.07) is 0.572. The largest absolute Gasteiger partial charge is 0.313 e. The van der Waals surface area contributed by atoms with E-state index in [9.17, 15) is 0 Å². The molecule has 0 bridgehead atoms. The maximum Gasteiger partial charge on any atom is 0.115 e. The highest BCUT2D eigenvalue weighted by atomic mass is 14.9. The second kappa shape index (κ2) is 4.05. The van der Waals surface area contributed by atoms with E-state index in [2.05, 4.69) is 29.1 Å². The van der Waals surface area contributed by atoms with Gasteiger partial charge in [0.25, 0.3) is 0 Å². The molecule has 0 saturated heterocycles. The second-order valence-electron chi connectivity index (χ2n) is 4.25. The summed E-state index contributed by atoms with van der Waals surface area (Å²) in [4.78, 5) is 8.42. The molecule has 14 heavy (non-hydrogen) atoms. The van der Waals surface area contributed by atoms with Crippen LogP contribution in [0.3, 0.4) is 0 Å². The van der Waals surface area contributed by atoms with Crippen LogP contribution < -0.4 is 5.32 Å². The number of hydrogen-bond acceptors (Lipinski definition) is 3. The number of rotatable bonds is 1. The summed E-state index contributed by atoms with van der Waals surface area (Å²) in [6.45, 7) is 5.55. The molecule has 0 amide bonds. The summed E-state index contributed by atoms with van der Waals surface area (Å²) >= 11 is 0. The highest BCUT2D eigenvalue weighted by Crippen LogP contribution is 2.15. The standard InChI is InChI=1S/C11H17N3/c1-8(2)11-5-9-6-12-7-14-10(9)3-4-13-11/h6-8,11,13H,3-5H2,1-2H3. The van der Waals surface area contributed by atoms with E-state index in [0.717, 1.165) is 19.4 Å². The van der Waals surface area contributed by atoms with Crippen LogP contribution in [0, 0.1) is 5.92 Å². The van der Waals surface area contributed by atoms with Crippen LogP contribution in [-0.4, -0.2) is 22.6 Å². The Morgan fingerprint density at radius 2 is 2.36 bits per heavy atom. The first kappa shape index (κ1) is 9.59. The number of nitrogens with one attached hydrogen (secondary N) is 1. The second-order valence-corrected chi connectivity index (χ2v) is 4.25. The van der Waals surface area contributed by atoms with Crippen molar-refractivity contribution in [2.75, 3.05) is 6.54 Å². The first-order valence-electron chi connectivity index (χ1n) is 5.28. The zero-order valence-electron chi connectivity index (χ0n) is 8.83. The van der Waals surface area contributed by atoms with E-state index in [4.69, 9.17) is 0 Å². The Hall–Kier alpha value is -0.960. The van der Waals surface area contributed by atoms with Crippen LogP contribution in [0.15, 0.2) is 12.5 Å². The third-order valence-electron chi connectivity index (χ3n) is 2.89. The topological polar surface area (TPSA) is 37.8 Å². The molecule has 1 aromatic rings. The summed E-state index contributed by atoms with van der Waals surface area (Å²) < 4.78 is 0. The highest BCUT2D eigenvalue weighted by molar-refractivity contribution is 5.19. The minimum absolute atomic E-state index is 0.572. The molecule has 0 radical (unpaired) electrons. The Balaban J connectivity index is 2.22. The summed E-state index contributed by atoms with van der Waals surface area (Å²) in [5, 5.41) is 3.56. The molecule has 0 spiro atoms. The molecule has 0 aromatic carbocycles. The van der Waals surface area contributed by atoms with Crippen LogP contribution in [0.5, 0.6) is 0 Å². The predicted molar refractivity (Wildman–Crippen MR) is 56.1 cm³/mol. The number of aromatic nitrogens is 2. The molecular formula is C11H17N3. The van der Waals surface area contributed by atoms with E-state index < -0.39 is 0 Å². The Bertz CT molecular complexity index is 309. The molecular weight excluding hydrogens is 174 g/mol. The molecule has 1 aliphatic rings. The highest BCUT2D eigenvalue weighted by Gasteiger charge is 2.19. The van der Waals surface area contributed by atoms with Gasteiger partial charge in [0, 0.05) is 30.9 Å². The summed E-state index contributed by atoms with van der Waals surface area (Å²) in [5.41, 5.74) is 2.53. The third-order valence-corrected chi connectivity index (χ3v) is 2.89. The molecule has 2 rings (SSSR count). The summed E-state index contributed by atoms with van der Waals surface area (Å²) in [7, 11) is 0. The molecule has 3 heteroatoms. The first-order chi connectivity index (χ1) is 6.77. The molecule has 1 aliphatic heterocycles. The van der Waals surface area contributed by atoms with E-state index in [1.54, 1.807) is 6.33 Å². The normalized spacial score (nSPS) is 21.8.